The number of hydrogen-bond acceptors (Lipinski definition) is 3. The Kier molecular flexibility index (Phi) is 3.51. The van der Waals surface area contributed by atoms with Gasteiger partial charge in [0.1, 0.15) is 0 Å². The topological polar surface area (TPSA) is 43.4 Å². The molecule has 0 saturated carbocycles. The summed E-state index contributed by atoms with van der Waals surface area (Å²) in [4.78, 5) is 10.9. The third-order valence-corrected chi connectivity index (χ3v) is 2.12. The van der Waals surface area contributed by atoms with E-state index >= 15 is 0 Å². The third-order valence-electron chi connectivity index (χ3n) is 1.20. The maximum Gasteiger partial charge on any atom is 0.312 e. The molecule has 0 aliphatic heterocycles. The van der Waals surface area contributed by atoms with Gasteiger partial charge in [-0.2, -0.15) is 0 Å². The van der Waals surface area contributed by atoms with Crippen LogP contribution in [0.3, 0.4) is 0 Å². The predicted molar refractivity (Wildman–Crippen MR) is 38.3 cm³/mol. The molecule has 0 aromatic heterocycles. The minimum Gasteiger partial charge on any atom is -0.469 e. The fourth-order valence-electron chi connectivity index (χ4n) is 0.502. The molecule has 0 saturated heterocycles. The van der Waals surface area contributed by atoms with Crippen molar-refractivity contribution in [2.24, 2.45) is 5.41 Å². The van der Waals surface area contributed by atoms with E-state index in [1.165, 1.54) is 7.11 Å². The van der Waals surface area contributed by atoms with Gasteiger partial charge in [-0.3, -0.25) is 9.36 Å². The SMILES string of the molecule is COC(=O)C(C)(C)CP=O. The average molecular weight is 162 g/mol. The Morgan fingerprint density at radius 1 is 1.60 bits per heavy atom. The van der Waals surface area contributed by atoms with Gasteiger partial charge in [0.25, 0.3) is 0 Å². The molecule has 3 nitrogen and oxygen atoms in total. The second kappa shape index (κ2) is 3.67. The molecule has 0 radical (unpaired) electrons. The lowest BCUT2D eigenvalue weighted by atomic mass is 9.97. The molecule has 0 aliphatic rings. The summed E-state index contributed by atoms with van der Waals surface area (Å²) >= 11 is 0. The molecule has 0 N–H and O–H groups in total. The molecule has 10 heavy (non-hydrogen) atoms. The van der Waals surface area contributed by atoms with Gasteiger partial charge in [0.2, 0.25) is 0 Å². The Bertz CT molecular complexity index is 142. The van der Waals surface area contributed by atoms with Crippen LogP contribution in [0.4, 0.5) is 0 Å². The highest BCUT2D eigenvalue weighted by Gasteiger charge is 2.28. The number of methoxy groups -OCH3 is 1. The first-order chi connectivity index (χ1) is 4.54. The van der Waals surface area contributed by atoms with E-state index in [2.05, 4.69) is 4.74 Å². The summed E-state index contributed by atoms with van der Waals surface area (Å²) in [5, 5.41) is 0. The van der Waals surface area contributed by atoms with Crippen LogP contribution in [0, 0.1) is 5.41 Å². The molecule has 0 bridgehead atoms. The maximum absolute atomic E-state index is 10.9. The average Bonchev–Trinajstić information content (AvgIpc) is 1.86. The summed E-state index contributed by atoms with van der Waals surface area (Å²) in [5.41, 5.74) is -0.627. The van der Waals surface area contributed by atoms with E-state index in [9.17, 15) is 9.36 Å². The van der Waals surface area contributed by atoms with Crippen molar-refractivity contribution in [3.63, 3.8) is 0 Å². The van der Waals surface area contributed by atoms with Gasteiger partial charge in [-0.05, 0) is 13.8 Å². The zero-order valence-electron chi connectivity index (χ0n) is 6.38. The number of esters is 1. The molecule has 0 atom stereocenters. The van der Waals surface area contributed by atoms with Crippen molar-refractivity contribution in [3.05, 3.63) is 0 Å². The second-order valence-electron chi connectivity index (χ2n) is 2.66. The smallest absolute Gasteiger partial charge is 0.312 e. The second-order valence-corrected chi connectivity index (χ2v) is 3.24. The van der Waals surface area contributed by atoms with Crippen molar-refractivity contribution < 1.29 is 14.1 Å². The molecule has 0 amide bonds. The van der Waals surface area contributed by atoms with Crippen LogP contribution in [0.15, 0.2) is 0 Å². The van der Waals surface area contributed by atoms with Crippen molar-refractivity contribution in [3.8, 4) is 0 Å². The van der Waals surface area contributed by atoms with Crippen LogP contribution in [-0.2, 0) is 14.1 Å². The molecule has 0 unspecified atom stereocenters. The van der Waals surface area contributed by atoms with Gasteiger partial charge in [0, 0.05) is 6.16 Å². The first kappa shape index (κ1) is 9.57. The van der Waals surface area contributed by atoms with E-state index < -0.39 is 5.41 Å². The molecule has 0 aliphatic carbocycles. The van der Waals surface area contributed by atoms with Crippen molar-refractivity contribution in [1.82, 2.24) is 0 Å². The van der Waals surface area contributed by atoms with E-state index in [0.717, 1.165) is 0 Å². The fourth-order valence-corrected chi connectivity index (χ4v) is 0.954. The summed E-state index contributed by atoms with van der Waals surface area (Å²) in [6.07, 6.45) is 0.305. The molecular weight excluding hydrogens is 151 g/mol. The zero-order valence-corrected chi connectivity index (χ0v) is 7.27. The molecule has 0 spiro atoms. The molecule has 4 heteroatoms. The minimum absolute atomic E-state index is 0.0222. The third kappa shape index (κ3) is 2.44. The minimum atomic E-state index is -0.627. The normalized spacial score (nSPS) is 11.5. The first-order valence-corrected chi connectivity index (χ1v) is 3.92. The van der Waals surface area contributed by atoms with Crippen LogP contribution in [0.2, 0.25) is 0 Å². The molecule has 0 fully saturated rings. The van der Waals surface area contributed by atoms with Crippen LogP contribution in [0.1, 0.15) is 13.8 Å². The van der Waals surface area contributed by atoms with E-state index in [-0.39, 0.29) is 14.4 Å². The van der Waals surface area contributed by atoms with Gasteiger partial charge < -0.3 is 4.74 Å². The number of ether oxygens (including phenoxy) is 1. The monoisotopic (exact) mass is 162 g/mol. The van der Waals surface area contributed by atoms with Crippen LogP contribution < -0.4 is 0 Å². The quantitative estimate of drug-likeness (QED) is 0.466. The van der Waals surface area contributed by atoms with E-state index in [4.69, 9.17) is 0 Å². The standard InChI is InChI=1S/C6H11O3P/c1-6(2,4-10-8)5(7)9-3/h4H2,1-3H3. The van der Waals surface area contributed by atoms with E-state index in [0.29, 0.717) is 6.16 Å². The molecule has 0 aromatic rings. The summed E-state index contributed by atoms with van der Waals surface area (Å²) in [5.74, 6) is -0.323. The lowest BCUT2D eigenvalue weighted by Gasteiger charge is -2.16. The Hall–Kier alpha value is -0.430. The summed E-state index contributed by atoms with van der Waals surface area (Å²) in [6.45, 7) is 3.40. The Balaban J connectivity index is 4.08. The van der Waals surface area contributed by atoms with Crippen molar-refractivity contribution in [1.29, 1.82) is 0 Å². The number of hydrogen-bond donors (Lipinski definition) is 0. The highest BCUT2D eigenvalue weighted by Crippen LogP contribution is 2.21. The first-order valence-electron chi connectivity index (χ1n) is 2.92. The molecule has 58 valence electrons. The fraction of sp³-hybridized carbons (Fsp3) is 0.833. The van der Waals surface area contributed by atoms with E-state index in [1.807, 2.05) is 0 Å². The van der Waals surface area contributed by atoms with Crippen LogP contribution in [0.5, 0.6) is 0 Å². The molecular formula is C6H11O3P. The Labute approximate surface area is 62.0 Å². The Morgan fingerprint density at radius 2 is 2.10 bits per heavy atom. The van der Waals surface area contributed by atoms with Gasteiger partial charge in [0.15, 0.2) is 8.46 Å². The lowest BCUT2D eigenvalue weighted by Crippen LogP contribution is -2.27. The van der Waals surface area contributed by atoms with E-state index in [1.54, 1.807) is 13.8 Å². The van der Waals surface area contributed by atoms with Crippen LogP contribution in [0.25, 0.3) is 0 Å². The van der Waals surface area contributed by atoms with Crippen molar-refractivity contribution in [2.75, 3.05) is 13.3 Å². The number of carbonyl (C=O) groups is 1. The molecule has 0 aromatic carbocycles. The van der Waals surface area contributed by atoms with Gasteiger partial charge in [-0.25, -0.2) is 0 Å². The Morgan fingerprint density at radius 3 is 2.40 bits per heavy atom. The summed E-state index contributed by atoms with van der Waals surface area (Å²) in [7, 11) is 1.30. The van der Waals surface area contributed by atoms with Gasteiger partial charge in [0.05, 0.1) is 12.5 Å². The van der Waals surface area contributed by atoms with Gasteiger partial charge >= 0.3 is 5.97 Å². The van der Waals surface area contributed by atoms with Crippen LogP contribution in [-0.4, -0.2) is 19.2 Å². The summed E-state index contributed by atoms with van der Waals surface area (Å²) < 4.78 is 14.6. The van der Waals surface area contributed by atoms with Gasteiger partial charge in [-0.1, -0.05) is 0 Å². The van der Waals surface area contributed by atoms with Crippen LogP contribution >= 0.6 is 8.46 Å². The van der Waals surface area contributed by atoms with Gasteiger partial charge in [-0.15, -0.1) is 0 Å². The maximum atomic E-state index is 10.9. The molecule has 0 rings (SSSR count). The highest BCUT2D eigenvalue weighted by atomic mass is 31.1. The van der Waals surface area contributed by atoms with Crippen molar-refractivity contribution >= 4 is 14.4 Å². The molecule has 0 heterocycles. The van der Waals surface area contributed by atoms with Crippen molar-refractivity contribution in [2.45, 2.75) is 13.8 Å². The predicted octanol–water partition coefficient (Wildman–Crippen LogP) is 1.48. The largest absolute Gasteiger partial charge is 0.469 e. The zero-order chi connectivity index (χ0) is 8.20. The highest BCUT2D eigenvalue weighted by molar-refractivity contribution is 7.23. The number of rotatable bonds is 3. The number of carbonyl (C=O) groups excluding carboxylic acids is 1. The summed E-state index contributed by atoms with van der Waals surface area (Å²) in [6, 6.07) is 0. The lowest BCUT2D eigenvalue weighted by molar-refractivity contribution is -0.149.